The molecule has 0 atom stereocenters. The standard InChI is InChI=1S/C6H6NOS/c1-4-2-5(3-9-4)6(7)8/h2H,1H3,(H2,7,8). The van der Waals surface area contributed by atoms with E-state index in [4.69, 9.17) is 5.73 Å². The minimum Gasteiger partial charge on any atom is -0.366 e. The summed E-state index contributed by atoms with van der Waals surface area (Å²) >= 11 is 1.41. The monoisotopic (exact) mass is 140 g/mol. The first-order valence-corrected chi connectivity index (χ1v) is 3.29. The summed E-state index contributed by atoms with van der Waals surface area (Å²) in [5.74, 6) is -0.403. The van der Waals surface area contributed by atoms with Crippen LogP contribution in [-0.4, -0.2) is 5.91 Å². The topological polar surface area (TPSA) is 43.1 Å². The molecule has 0 aromatic carbocycles. The van der Waals surface area contributed by atoms with Crippen molar-refractivity contribution in [2.75, 3.05) is 0 Å². The Balaban J connectivity index is 2.98. The lowest BCUT2D eigenvalue weighted by Gasteiger charge is -1.80. The zero-order chi connectivity index (χ0) is 6.85. The van der Waals surface area contributed by atoms with Crippen LogP contribution in [0.1, 0.15) is 15.2 Å². The van der Waals surface area contributed by atoms with Gasteiger partial charge in [0.2, 0.25) is 5.91 Å². The van der Waals surface area contributed by atoms with E-state index in [1.807, 2.05) is 6.92 Å². The number of carbonyl (C=O) groups excluding carboxylic acids is 1. The third-order valence-electron chi connectivity index (χ3n) is 0.935. The van der Waals surface area contributed by atoms with Gasteiger partial charge in [-0.2, -0.15) is 0 Å². The molecule has 0 bridgehead atoms. The van der Waals surface area contributed by atoms with Crippen LogP contribution in [0, 0.1) is 12.3 Å². The molecular formula is C6H6NOS. The molecule has 9 heavy (non-hydrogen) atoms. The van der Waals surface area contributed by atoms with E-state index in [9.17, 15) is 4.79 Å². The largest absolute Gasteiger partial charge is 0.366 e. The highest BCUT2D eigenvalue weighted by Gasteiger charge is 2.00. The first kappa shape index (κ1) is 6.29. The lowest BCUT2D eigenvalue weighted by molar-refractivity contribution is 0.100. The van der Waals surface area contributed by atoms with E-state index in [1.54, 1.807) is 6.07 Å². The van der Waals surface area contributed by atoms with Gasteiger partial charge in [-0.05, 0) is 13.0 Å². The lowest BCUT2D eigenvalue weighted by atomic mass is 10.3. The van der Waals surface area contributed by atoms with Crippen molar-refractivity contribution < 1.29 is 4.79 Å². The summed E-state index contributed by atoms with van der Waals surface area (Å²) in [4.78, 5) is 11.5. The molecule has 0 spiro atoms. The first-order valence-electron chi connectivity index (χ1n) is 2.48. The highest BCUT2D eigenvalue weighted by molar-refractivity contribution is 7.09. The van der Waals surface area contributed by atoms with E-state index in [1.165, 1.54) is 11.3 Å². The van der Waals surface area contributed by atoms with E-state index in [0.717, 1.165) is 4.88 Å². The lowest BCUT2D eigenvalue weighted by Crippen LogP contribution is -2.09. The summed E-state index contributed by atoms with van der Waals surface area (Å²) in [5, 5.41) is 2.77. The Labute approximate surface area is 57.3 Å². The molecular weight excluding hydrogens is 134 g/mol. The number of aryl methyl sites for hydroxylation is 1. The Kier molecular flexibility index (Phi) is 1.53. The molecule has 0 saturated heterocycles. The molecule has 2 nitrogen and oxygen atoms in total. The van der Waals surface area contributed by atoms with Crippen LogP contribution in [0.4, 0.5) is 0 Å². The molecule has 0 unspecified atom stereocenters. The number of hydrogen-bond donors (Lipinski definition) is 1. The summed E-state index contributed by atoms with van der Waals surface area (Å²) in [6.45, 7) is 1.91. The van der Waals surface area contributed by atoms with Gasteiger partial charge in [-0.25, -0.2) is 0 Å². The van der Waals surface area contributed by atoms with E-state index in [0.29, 0.717) is 5.56 Å². The van der Waals surface area contributed by atoms with Gasteiger partial charge in [-0.1, -0.05) is 0 Å². The highest BCUT2D eigenvalue weighted by atomic mass is 32.1. The van der Waals surface area contributed by atoms with Gasteiger partial charge in [0.25, 0.3) is 0 Å². The zero-order valence-electron chi connectivity index (χ0n) is 4.97. The molecule has 1 rings (SSSR count). The van der Waals surface area contributed by atoms with Crippen molar-refractivity contribution >= 4 is 17.2 Å². The van der Waals surface area contributed by atoms with Gasteiger partial charge < -0.3 is 5.73 Å². The van der Waals surface area contributed by atoms with Crippen molar-refractivity contribution in [2.45, 2.75) is 6.92 Å². The summed E-state index contributed by atoms with van der Waals surface area (Å²) in [5.41, 5.74) is 5.45. The van der Waals surface area contributed by atoms with Crippen molar-refractivity contribution in [3.8, 4) is 0 Å². The maximum atomic E-state index is 10.4. The summed E-state index contributed by atoms with van der Waals surface area (Å²) in [7, 11) is 0. The van der Waals surface area contributed by atoms with Crippen LogP contribution in [0.15, 0.2) is 6.07 Å². The van der Waals surface area contributed by atoms with Crippen LogP contribution in [0.25, 0.3) is 0 Å². The molecule has 0 aliphatic rings. The summed E-state index contributed by atoms with van der Waals surface area (Å²) in [6.07, 6.45) is 0. The second-order valence-corrected chi connectivity index (χ2v) is 2.79. The molecule has 2 N–H and O–H groups in total. The van der Waals surface area contributed by atoms with Gasteiger partial charge in [0.1, 0.15) is 0 Å². The van der Waals surface area contributed by atoms with E-state index < -0.39 is 5.91 Å². The van der Waals surface area contributed by atoms with Crippen LogP contribution in [0.2, 0.25) is 0 Å². The maximum Gasteiger partial charge on any atom is 0.250 e. The quantitative estimate of drug-likeness (QED) is 0.620. The van der Waals surface area contributed by atoms with E-state index >= 15 is 0 Å². The predicted molar refractivity (Wildman–Crippen MR) is 36.4 cm³/mol. The summed E-state index contributed by atoms with van der Waals surface area (Å²) < 4.78 is 0. The van der Waals surface area contributed by atoms with Gasteiger partial charge >= 0.3 is 0 Å². The molecule has 1 aromatic rings. The number of hydrogen-bond acceptors (Lipinski definition) is 2. The SMILES string of the molecule is Cc1cc(C(N)=O)[c]s1. The third kappa shape index (κ3) is 1.29. The Bertz CT molecular complexity index is 229. The third-order valence-corrected chi connectivity index (χ3v) is 1.70. The number of primary amides is 1. The second kappa shape index (κ2) is 2.19. The minimum atomic E-state index is -0.403. The molecule has 47 valence electrons. The molecule has 1 radical (unpaired) electrons. The fourth-order valence-electron chi connectivity index (χ4n) is 0.519. The normalized spacial score (nSPS) is 9.44. The number of amides is 1. The smallest absolute Gasteiger partial charge is 0.250 e. The maximum absolute atomic E-state index is 10.4. The molecule has 1 aromatic heterocycles. The van der Waals surface area contributed by atoms with Crippen molar-refractivity contribution in [1.29, 1.82) is 0 Å². The van der Waals surface area contributed by atoms with Crippen LogP contribution < -0.4 is 5.73 Å². The molecule has 0 aliphatic heterocycles. The molecule has 1 amide bonds. The molecule has 0 fully saturated rings. The average molecular weight is 140 g/mol. The Morgan fingerprint density at radius 3 is 2.78 bits per heavy atom. The Morgan fingerprint density at radius 2 is 2.56 bits per heavy atom. The van der Waals surface area contributed by atoms with Crippen molar-refractivity contribution in [1.82, 2.24) is 0 Å². The predicted octanol–water partition coefficient (Wildman–Crippen LogP) is 0.956. The van der Waals surface area contributed by atoms with Gasteiger partial charge in [-0.3, -0.25) is 4.79 Å². The van der Waals surface area contributed by atoms with Gasteiger partial charge in [0.05, 0.1) is 10.9 Å². The fraction of sp³-hybridized carbons (Fsp3) is 0.167. The van der Waals surface area contributed by atoms with Crippen LogP contribution in [-0.2, 0) is 0 Å². The Hall–Kier alpha value is -0.830. The summed E-state index contributed by atoms with van der Waals surface area (Å²) in [6, 6.07) is 1.73. The van der Waals surface area contributed by atoms with Gasteiger partial charge in [-0.15, -0.1) is 11.3 Å². The van der Waals surface area contributed by atoms with E-state index in [-0.39, 0.29) is 0 Å². The number of rotatable bonds is 1. The van der Waals surface area contributed by atoms with Gasteiger partial charge in [0.15, 0.2) is 0 Å². The van der Waals surface area contributed by atoms with Crippen LogP contribution in [0.5, 0.6) is 0 Å². The molecule has 1 heterocycles. The zero-order valence-corrected chi connectivity index (χ0v) is 5.79. The molecule has 0 saturated carbocycles. The van der Waals surface area contributed by atoms with Crippen molar-refractivity contribution in [3.05, 3.63) is 21.9 Å². The molecule has 0 aliphatic carbocycles. The van der Waals surface area contributed by atoms with E-state index in [2.05, 4.69) is 5.38 Å². The second-order valence-electron chi connectivity index (χ2n) is 1.74. The minimum absolute atomic E-state index is 0.403. The first-order chi connectivity index (χ1) is 4.20. The molecule has 3 heteroatoms. The number of nitrogens with two attached hydrogens (primary N) is 1. The fourth-order valence-corrected chi connectivity index (χ4v) is 1.13. The highest BCUT2D eigenvalue weighted by Crippen LogP contribution is 2.10. The van der Waals surface area contributed by atoms with Crippen LogP contribution >= 0.6 is 11.3 Å². The van der Waals surface area contributed by atoms with Gasteiger partial charge in [0, 0.05) is 4.88 Å². The average Bonchev–Trinajstić information content (AvgIpc) is 2.14. The number of thiophene rings is 1. The van der Waals surface area contributed by atoms with Crippen molar-refractivity contribution in [2.24, 2.45) is 5.73 Å². The Morgan fingerprint density at radius 1 is 1.89 bits per heavy atom. The van der Waals surface area contributed by atoms with Crippen LogP contribution in [0.3, 0.4) is 0 Å². The van der Waals surface area contributed by atoms with Crippen molar-refractivity contribution in [3.63, 3.8) is 0 Å². The number of carbonyl (C=O) groups is 1.